The van der Waals surface area contributed by atoms with Crippen LogP contribution in [0.25, 0.3) is 0 Å². The van der Waals surface area contributed by atoms with Gasteiger partial charge < -0.3 is 11.1 Å². The molecule has 5 nitrogen and oxygen atoms in total. The smallest absolute Gasteiger partial charge is 0.258 e. The molecule has 0 saturated heterocycles. The summed E-state index contributed by atoms with van der Waals surface area (Å²) in [6, 6.07) is 10.4. The summed E-state index contributed by atoms with van der Waals surface area (Å²) in [5, 5.41) is 10.2. The first kappa shape index (κ1) is 12.7. The van der Waals surface area contributed by atoms with Gasteiger partial charge in [-0.1, -0.05) is 24.0 Å². The van der Waals surface area contributed by atoms with E-state index in [9.17, 15) is 4.79 Å². The molecule has 3 N–H and O–H groups in total. The predicted molar refractivity (Wildman–Crippen MR) is 72.4 cm³/mol. The van der Waals surface area contributed by atoms with E-state index in [1.807, 2.05) is 6.07 Å². The summed E-state index contributed by atoms with van der Waals surface area (Å²) >= 11 is 0. The molecule has 2 aromatic rings. The average Bonchev–Trinajstić information content (AvgIpc) is 2.46. The summed E-state index contributed by atoms with van der Waals surface area (Å²) < 4.78 is 0. The summed E-state index contributed by atoms with van der Waals surface area (Å²) in [6.45, 7) is 0.250. The zero-order chi connectivity index (χ0) is 13.5. The van der Waals surface area contributed by atoms with Gasteiger partial charge in [0.15, 0.2) is 5.82 Å². The van der Waals surface area contributed by atoms with Crippen molar-refractivity contribution in [1.29, 1.82) is 0 Å². The molecule has 0 fully saturated rings. The predicted octanol–water partition coefficient (Wildman–Crippen LogP) is 1.04. The fourth-order valence-corrected chi connectivity index (χ4v) is 1.49. The summed E-state index contributed by atoms with van der Waals surface area (Å²) in [5.41, 5.74) is 6.45. The van der Waals surface area contributed by atoms with Crippen LogP contribution in [0.4, 0.5) is 5.82 Å². The zero-order valence-corrected chi connectivity index (χ0v) is 10.1. The number of anilines is 1. The highest BCUT2D eigenvalue weighted by Gasteiger charge is 2.10. The van der Waals surface area contributed by atoms with Gasteiger partial charge in [0.25, 0.3) is 5.91 Å². The SMILES string of the molecule is NCC#Cc1ccccc1C(=O)Nc1cccnn1. The lowest BCUT2D eigenvalue weighted by Gasteiger charge is -2.05. The van der Waals surface area contributed by atoms with Gasteiger partial charge in [0.05, 0.1) is 12.1 Å². The van der Waals surface area contributed by atoms with Crippen molar-refractivity contribution in [1.82, 2.24) is 10.2 Å². The Kier molecular flexibility index (Phi) is 4.21. The molecule has 0 unspecified atom stereocenters. The number of carbonyl (C=O) groups excluding carboxylic acids is 1. The van der Waals surface area contributed by atoms with Crippen LogP contribution in [-0.4, -0.2) is 22.6 Å². The maximum atomic E-state index is 12.1. The largest absolute Gasteiger partial charge is 0.320 e. The van der Waals surface area contributed by atoms with Crippen molar-refractivity contribution >= 4 is 11.7 Å². The van der Waals surface area contributed by atoms with Gasteiger partial charge in [-0.15, -0.1) is 5.10 Å². The number of nitrogens with two attached hydrogens (primary N) is 1. The van der Waals surface area contributed by atoms with Crippen LogP contribution in [0.2, 0.25) is 0 Å². The van der Waals surface area contributed by atoms with Crippen LogP contribution < -0.4 is 11.1 Å². The fraction of sp³-hybridized carbons (Fsp3) is 0.0714. The van der Waals surface area contributed by atoms with Crippen LogP contribution in [0, 0.1) is 11.8 Å². The number of nitrogens with zero attached hydrogens (tertiary/aromatic N) is 2. The Morgan fingerprint density at radius 3 is 2.84 bits per heavy atom. The second-order valence-corrected chi connectivity index (χ2v) is 3.61. The summed E-state index contributed by atoms with van der Waals surface area (Å²) in [6.07, 6.45) is 1.54. The Bertz CT molecular complexity index is 629. The van der Waals surface area contributed by atoms with Gasteiger partial charge in [-0.25, -0.2) is 0 Å². The van der Waals surface area contributed by atoms with Crippen molar-refractivity contribution in [3.63, 3.8) is 0 Å². The third-order valence-corrected chi connectivity index (χ3v) is 2.31. The second-order valence-electron chi connectivity index (χ2n) is 3.61. The maximum absolute atomic E-state index is 12.1. The number of amides is 1. The van der Waals surface area contributed by atoms with E-state index in [4.69, 9.17) is 5.73 Å². The van der Waals surface area contributed by atoms with E-state index in [0.717, 1.165) is 0 Å². The number of rotatable bonds is 2. The molecule has 0 spiro atoms. The number of aromatic nitrogens is 2. The highest BCUT2D eigenvalue weighted by atomic mass is 16.1. The highest BCUT2D eigenvalue weighted by molar-refractivity contribution is 6.05. The van der Waals surface area contributed by atoms with Gasteiger partial charge in [-0.2, -0.15) is 5.10 Å². The third-order valence-electron chi connectivity index (χ3n) is 2.31. The van der Waals surface area contributed by atoms with Gasteiger partial charge in [-0.05, 0) is 24.3 Å². The number of nitrogens with one attached hydrogen (secondary N) is 1. The summed E-state index contributed by atoms with van der Waals surface area (Å²) in [5.74, 6) is 5.72. The van der Waals surface area contributed by atoms with Crippen molar-refractivity contribution in [3.8, 4) is 11.8 Å². The number of benzene rings is 1. The Morgan fingerprint density at radius 2 is 2.11 bits per heavy atom. The van der Waals surface area contributed by atoms with E-state index in [2.05, 4.69) is 27.4 Å². The molecule has 0 bridgehead atoms. The van der Waals surface area contributed by atoms with Gasteiger partial charge in [0.1, 0.15) is 0 Å². The Labute approximate surface area is 110 Å². The molecule has 1 heterocycles. The highest BCUT2D eigenvalue weighted by Crippen LogP contribution is 2.10. The first-order valence-corrected chi connectivity index (χ1v) is 5.68. The Morgan fingerprint density at radius 1 is 1.26 bits per heavy atom. The minimum Gasteiger partial charge on any atom is -0.320 e. The standard InChI is InChI=1S/C14H12N4O/c15-9-3-6-11-5-1-2-7-12(11)14(19)17-13-8-4-10-16-18-13/h1-2,4-5,7-8,10H,9,15H2,(H,17,18,19). The van der Waals surface area contributed by atoms with Crippen molar-refractivity contribution in [2.24, 2.45) is 5.73 Å². The average molecular weight is 252 g/mol. The van der Waals surface area contributed by atoms with Gasteiger partial charge in [0.2, 0.25) is 0 Å². The first-order valence-electron chi connectivity index (χ1n) is 5.68. The number of hydrogen-bond donors (Lipinski definition) is 2. The number of carbonyl (C=O) groups is 1. The first-order chi connectivity index (χ1) is 9.31. The monoisotopic (exact) mass is 252 g/mol. The molecule has 0 atom stereocenters. The van der Waals surface area contributed by atoms with E-state index in [1.165, 1.54) is 6.20 Å². The van der Waals surface area contributed by atoms with Gasteiger partial charge >= 0.3 is 0 Å². The molecule has 0 aliphatic carbocycles. The lowest BCUT2D eigenvalue weighted by atomic mass is 10.1. The van der Waals surface area contributed by atoms with E-state index < -0.39 is 0 Å². The molecule has 19 heavy (non-hydrogen) atoms. The molecule has 2 rings (SSSR count). The molecule has 0 radical (unpaired) electrons. The molecule has 5 heteroatoms. The van der Waals surface area contributed by atoms with Crippen LogP contribution >= 0.6 is 0 Å². The summed E-state index contributed by atoms with van der Waals surface area (Å²) in [7, 11) is 0. The molecular formula is C14H12N4O. The van der Waals surface area contributed by atoms with Gasteiger partial charge in [-0.3, -0.25) is 4.79 Å². The normalized spacial score (nSPS) is 9.32. The Balaban J connectivity index is 2.24. The Hall–Kier alpha value is -2.71. The molecule has 1 aromatic carbocycles. The number of hydrogen-bond acceptors (Lipinski definition) is 4. The van der Waals surface area contributed by atoms with E-state index in [0.29, 0.717) is 16.9 Å². The zero-order valence-electron chi connectivity index (χ0n) is 10.1. The maximum Gasteiger partial charge on any atom is 0.258 e. The fourth-order valence-electron chi connectivity index (χ4n) is 1.49. The van der Waals surface area contributed by atoms with Crippen LogP contribution in [0.5, 0.6) is 0 Å². The van der Waals surface area contributed by atoms with Crippen LogP contribution in [0.15, 0.2) is 42.6 Å². The topological polar surface area (TPSA) is 80.9 Å². The van der Waals surface area contributed by atoms with Crippen LogP contribution in [-0.2, 0) is 0 Å². The van der Waals surface area contributed by atoms with Crippen molar-refractivity contribution in [2.75, 3.05) is 11.9 Å². The summed E-state index contributed by atoms with van der Waals surface area (Å²) in [4.78, 5) is 12.1. The molecule has 0 saturated carbocycles. The minimum atomic E-state index is -0.276. The molecule has 0 aliphatic heterocycles. The third kappa shape index (κ3) is 3.37. The minimum absolute atomic E-state index is 0.250. The van der Waals surface area contributed by atoms with E-state index in [1.54, 1.807) is 30.3 Å². The van der Waals surface area contributed by atoms with Crippen molar-refractivity contribution in [2.45, 2.75) is 0 Å². The van der Waals surface area contributed by atoms with E-state index >= 15 is 0 Å². The van der Waals surface area contributed by atoms with Crippen LogP contribution in [0.1, 0.15) is 15.9 Å². The molecule has 1 amide bonds. The van der Waals surface area contributed by atoms with Gasteiger partial charge in [0, 0.05) is 11.8 Å². The lowest BCUT2D eigenvalue weighted by molar-refractivity contribution is 0.102. The van der Waals surface area contributed by atoms with Crippen molar-refractivity contribution < 1.29 is 4.79 Å². The van der Waals surface area contributed by atoms with E-state index in [-0.39, 0.29) is 12.5 Å². The van der Waals surface area contributed by atoms with Crippen LogP contribution in [0.3, 0.4) is 0 Å². The lowest BCUT2D eigenvalue weighted by Crippen LogP contribution is -2.14. The molecule has 0 aliphatic rings. The second kappa shape index (κ2) is 6.28. The molecule has 94 valence electrons. The molecule has 1 aromatic heterocycles. The quantitative estimate of drug-likeness (QED) is 0.782. The molecular weight excluding hydrogens is 240 g/mol. The van der Waals surface area contributed by atoms with Crippen molar-refractivity contribution in [3.05, 3.63) is 53.7 Å².